The number of aliphatic imine (C=N–C) groups is 1. The number of guanidine groups is 1. The molecule has 1 aromatic heterocycles. The van der Waals surface area contributed by atoms with Crippen molar-refractivity contribution in [3.8, 4) is 11.5 Å². The van der Waals surface area contributed by atoms with Crippen LogP contribution in [-0.4, -0.2) is 69.5 Å². The van der Waals surface area contributed by atoms with E-state index < -0.39 is 0 Å². The lowest BCUT2D eigenvalue weighted by molar-refractivity contribution is 0.0169. The quantitative estimate of drug-likeness (QED) is 0.506. The Bertz CT molecular complexity index is 830. The van der Waals surface area contributed by atoms with Gasteiger partial charge in [0.15, 0.2) is 17.5 Å². The number of hydrogen-bond acceptors (Lipinski definition) is 5. The number of morpholine rings is 1. The Kier molecular flexibility index (Phi) is 7.98. The zero-order valence-corrected chi connectivity index (χ0v) is 18.4. The Morgan fingerprint density at radius 1 is 1.13 bits per heavy atom. The number of ether oxygens (including phenoxy) is 3. The van der Waals surface area contributed by atoms with E-state index in [1.54, 1.807) is 21.3 Å². The number of hydrogen-bond donors (Lipinski definition) is 2. The minimum absolute atomic E-state index is 0.156. The van der Waals surface area contributed by atoms with Gasteiger partial charge in [0, 0.05) is 52.7 Å². The minimum Gasteiger partial charge on any atom is -0.493 e. The van der Waals surface area contributed by atoms with Crippen molar-refractivity contribution in [1.82, 2.24) is 20.1 Å². The van der Waals surface area contributed by atoms with Gasteiger partial charge in [-0.2, -0.15) is 0 Å². The van der Waals surface area contributed by atoms with Gasteiger partial charge < -0.3 is 29.4 Å². The van der Waals surface area contributed by atoms with Crippen molar-refractivity contribution in [3.05, 3.63) is 47.8 Å². The maximum Gasteiger partial charge on any atom is 0.191 e. The summed E-state index contributed by atoms with van der Waals surface area (Å²) in [7, 11) is 7.13. The van der Waals surface area contributed by atoms with Gasteiger partial charge in [0.25, 0.3) is 0 Å². The highest BCUT2D eigenvalue weighted by Crippen LogP contribution is 2.32. The zero-order valence-electron chi connectivity index (χ0n) is 18.4. The van der Waals surface area contributed by atoms with Crippen molar-refractivity contribution >= 4 is 5.96 Å². The van der Waals surface area contributed by atoms with Gasteiger partial charge in [-0.15, -0.1) is 0 Å². The Morgan fingerprint density at radius 3 is 2.53 bits per heavy atom. The molecule has 1 atom stereocenters. The van der Waals surface area contributed by atoms with Crippen LogP contribution < -0.4 is 20.1 Å². The predicted octanol–water partition coefficient (Wildman–Crippen LogP) is 1.78. The summed E-state index contributed by atoms with van der Waals surface area (Å²) in [5.74, 6) is 2.24. The number of benzene rings is 1. The van der Waals surface area contributed by atoms with E-state index in [2.05, 4.69) is 44.9 Å². The second-order valence-corrected chi connectivity index (χ2v) is 7.27. The van der Waals surface area contributed by atoms with Gasteiger partial charge in [-0.05, 0) is 29.3 Å². The number of rotatable bonds is 8. The highest BCUT2D eigenvalue weighted by molar-refractivity contribution is 5.79. The third kappa shape index (κ3) is 5.67. The molecule has 2 aromatic rings. The topological polar surface area (TPSA) is 72.3 Å². The molecular formula is C22H33N5O3. The molecule has 3 rings (SSSR count). The van der Waals surface area contributed by atoms with Crippen molar-refractivity contribution in [3.63, 3.8) is 0 Å². The molecule has 0 amide bonds. The molecule has 8 nitrogen and oxygen atoms in total. The van der Waals surface area contributed by atoms with Crippen LogP contribution in [0.3, 0.4) is 0 Å². The Morgan fingerprint density at radius 2 is 1.90 bits per heavy atom. The lowest BCUT2D eigenvalue weighted by Crippen LogP contribution is -2.46. The summed E-state index contributed by atoms with van der Waals surface area (Å²) in [6.45, 7) is 4.69. The number of nitrogens with zero attached hydrogens (tertiary/aromatic N) is 3. The number of nitrogens with one attached hydrogen (secondary N) is 2. The molecule has 2 N–H and O–H groups in total. The molecule has 0 aliphatic carbocycles. The smallest absolute Gasteiger partial charge is 0.191 e. The molecule has 0 spiro atoms. The Hall–Kier alpha value is -2.71. The fourth-order valence-electron chi connectivity index (χ4n) is 3.67. The van der Waals surface area contributed by atoms with Crippen molar-refractivity contribution < 1.29 is 14.2 Å². The first-order valence-corrected chi connectivity index (χ1v) is 10.2. The van der Waals surface area contributed by atoms with Gasteiger partial charge >= 0.3 is 0 Å². The van der Waals surface area contributed by atoms with Gasteiger partial charge in [-0.1, -0.05) is 6.07 Å². The number of aromatic nitrogens is 1. The van der Waals surface area contributed by atoms with E-state index in [-0.39, 0.29) is 6.04 Å². The van der Waals surface area contributed by atoms with Crippen LogP contribution in [0.5, 0.6) is 11.5 Å². The molecule has 0 radical (unpaired) electrons. The van der Waals surface area contributed by atoms with Crippen molar-refractivity contribution in [2.24, 2.45) is 12.0 Å². The SMILES string of the molecule is CN=C(NCc1ccn(C)c1)NCC(c1ccc(OC)c(OC)c1)N1CCOCC1. The summed E-state index contributed by atoms with van der Waals surface area (Å²) in [6.07, 6.45) is 4.14. The van der Waals surface area contributed by atoms with Crippen LogP contribution in [0.1, 0.15) is 17.2 Å². The lowest BCUT2D eigenvalue weighted by atomic mass is 10.0. The maximum absolute atomic E-state index is 5.56. The molecule has 1 aromatic carbocycles. The summed E-state index contributed by atoms with van der Waals surface area (Å²) >= 11 is 0. The molecule has 30 heavy (non-hydrogen) atoms. The molecule has 1 aliphatic heterocycles. The average molecular weight is 416 g/mol. The number of methoxy groups -OCH3 is 2. The molecule has 1 saturated heterocycles. The second-order valence-electron chi connectivity index (χ2n) is 7.27. The van der Waals surface area contributed by atoms with Gasteiger partial charge in [-0.3, -0.25) is 9.89 Å². The first-order valence-electron chi connectivity index (χ1n) is 10.2. The molecule has 1 fully saturated rings. The van der Waals surface area contributed by atoms with E-state index in [1.807, 2.05) is 23.9 Å². The second kappa shape index (κ2) is 10.9. The van der Waals surface area contributed by atoms with Gasteiger partial charge in [0.05, 0.1) is 33.5 Å². The minimum atomic E-state index is 0.156. The van der Waals surface area contributed by atoms with Gasteiger partial charge in [0.2, 0.25) is 0 Å². The highest BCUT2D eigenvalue weighted by Gasteiger charge is 2.24. The zero-order chi connectivity index (χ0) is 21.3. The lowest BCUT2D eigenvalue weighted by Gasteiger charge is -2.35. The summed E-state index contributed by atoms with van der Waals surface area (Å²) in [4.78, 5) is 6.81. The Balaban J connectivity index is 1.70. The predicted molar refractivity (Wildman–Crippen MR) is 118 cm³/mol. The monoisotopic (exact) mass is 415 g/mol. The first kappa shape index (κ1) is 22.0. The largest absolute Gasteiger partial charge is 0.493 e. The third-order valence-electron chi connectivity index (χ3n) is 5.32. The van der Waals surface area contributed by atoms with Crippen LogP contribution in [0.15, 0.2) is 41.7 Å². The van der Waals surface area contributed by atoms with Crippen LogP contribution in [0.4, 0.5) is 0 Å². The molecule has 2 heterocycles. The summed E-state index contributed by atoms with van der Waals surface area (Å²) in [5.41, 5.74) is 2.38. The van der Waals surface area contributed by atoms with E-state index in [4.69, 9.17) is 14.2 Å². The van der Waals surface area contributed by atoms with E-state index in [9.17, 15) is 0 Å². The summed E-state index contributed by atoms with van der Waals surface area (Å²) in [5, 5.41) is 6.87. The standard InChI is InChI=1S/C22H33N5O3/c1-23-22(24-14-17-7-8-26(2)16-17)25-15-19(27-9-11-30-12-10-27)18-5-6-20(28-3)21(13-18)29-4/h5-8,13,16,19H,9-12,14-15H2,1-4H3,(H2,23,24,25). The molecule has 8 heteroatoms. The molecule has 1 unspecified atom stereocenters. The first-order chi connectivity index (χ1) is 14.6. The fraction of sp³-hybridized carbons (Fsp3) is 0.500. The average Bonchev–Trinajstić information content (AvgIpc) is 3.21. The van der Waals surface area contributed by atoms with Crippen LogP contribution in [0, 0.1) is 0 Å². The third-order valence-corrected chi connectivity index (χ3v) is 5.32. The molecule has 164 valence electrons. The molecule has 0 bridgehead atoms. The van der Waals surface area contributed by atoms with Crippen LogP contribution in [-0.2, 0) is 18.3 Å². The van der Waals surface area contributed by atoms with E-state index in [0.29, 0.717) is 6.54 Å². The van der Waals surface area contributed by atoms with Crippen molar-refractivity contribution in [2.75, 3.05) is 54.1 Å². The fourth-order valence-corrected chi connectivity index (χ4v) is 3.67. The normalized spacial score (nSPS) is 16.2. The summed E-state index contributed by atoms with van der Waals surface area (Å²) in [6, 6.07) is 8.37. The van der Waals surface area contributed by atoms with Crippen LogP contribution in [0.25, 0.3) is 0 Å². The highest BCUT2D eigenvalue weighted by atomic mass is 16.5. The van der Waals surface area contributed by atoms with E-state index in [1.165, 1.54) is 11.1 Å². The van der Waals surface area contributed by atoms with E-state index in [0.717, 1.165) is 50.3 Å². The maximum atomic E-state index is 5.56. The van der Waals surface area contributed by atoms with Crippen LogP contribution in [0.2, 0.25) is 0 Å². The molecular weight excluding hydrogens is 382 g/mol. The Labute approximate surface area is 178 Å². The van der Waals surface area contributed by atoms with Crippen molar-refractivity contribution in [2.45, 2.75) is 12.6 Å². The molecule has 0 saturated carbocycles. The van der Waals surface area contributed by atoms with E-state index >= 15 is 0 Å². The molecule has 1 aliphatic rings. The van der Waals surface area contributed by atoms with Gasteiger partial charge in [0.1, 0.15) is 0 Å². The van der Waals surface area contributed by atoms with Gasteiger partial charge in [-0.25, -0.2) is 0 Å². The summed E-state index contributed by atoms with van der Waals surface area (Å²) < 4.78 is 18.5. The van der Waals surface area contributed by atoms with Crippen LogP contribution >= 0.6 is 0 Å². The number of aryl methyl sites for hydroxylation is 1. The van der Waals surface area contributed by atoms with Crippen molar-refractivity contribution in [1.29, 1.82) is 0 Å².